The minimum absolute atomic E-state index is 0.340. The van der Waals surface area contributed by atoms with E-state index in [-0.39, 0.29) is 5.69 Å². The summed E-state index contributed by atoms with van der Waals surface area (Å²) in [7, 11) is 0. The number of benzene rings is 1. The van der Waals surface area contributed by atoms with Crippen molar-refractivity contribution in [3.63, 3.8) is 0 Å². The summed E-state index contributed by atoms with van der Waals surface area (Å²) in [5.74, 6) is 1.80. The molecule has 0 aliphatic carbocycles. The molecular formula is C13H4Cl2F6N2. The van der Waals surface area contributed by atoms with Crippen molar-refractivity contribution in [1.82, 2.24) is 9.78 Å². The molecule has 0 aliphatic rings. The van der Waals surface area contributed by atoms with Crippen LogP contribution >= 0.6 is 23.2 Å². The normalized spacial score (nSPS) is 12.3. The topological polar surface area (TPSA) is 17.8 Å². The molecule has 1 aromatic carbocycles. The summed E-state index contributed by atoms with van der Waals surface area (Å²) in [6.45, 7) is 0. The number of hydrogen-bond acceptors (Lipinski definition) is 1. The first-order valence-electron chi connectivity index (χ1n) is 5.65. The summed E-state index contributed by atoms with van der Waals surface area (Å²) in [6.07, 6.45) is -3.76. The van der Waals surface area contributed by atoms with Crippen LogP contribution in [0.2, 0.25) is 10.0 Å². The van der Waals surface area contributed by atoms with Crippen LogP contribution in [0.3, 0.4) is 0 Å². The van der Waals surface area contributed by atoms with Crippen LogP contribution in [0.25, 0.3) is 5.69 Å². The van der Waals surface area contributed by atoms with E-state index in [2.05, 4.69) is 5.10 Å². The second-order valence-corrected chi connectivity index (χ2v) is 5.08. The van der Waals surface area contributed by atoms with Gasteiger partial charge in [-0.2, -0.15) is 31.4 Å². The van der Waals surface area contributed by atoms with Crippen molar-refractivity contribution < 1.29 is 26.3 Å². The van der Waals surface area contributed by atoms with Crippen molar-refractivity contribution in [2.24, 2.45) is 0 Å². The van der Waals surface area contributed by atoms with Crippen LogP contribution in [0.5, 0.6) is 0 Å². The second-order valence-electron chi connectivity index (χ2n) is 4.26. The third-order valence-corrected chi connectivity index (χ3v) is 3.29. The summed E-state index contributed by atoms with van der Waals surface area (Å²) in [5, 5.41) is 2.19. The van der Waals surface area contributed by atoms with Gasteiger partial charge in [0.2, 0.25) is 0 Å². The minimum Gasteiger partial charge on any atom is -0.236 e. The Balaban J connectivity index is 2.65. The molecule has 0 atom stereocenters. The maximum Gasteiger partial charge on any atom is 0.436 e. The van der Waals surface area contributed by atoms with Gasteiger partial charge in [-0.25, -0.2) is 4.68 Å². The maximum atomic E-state index is 12.8. The van der Waals surface area contributed by atoms with Crippen molar-refractivity contribution in [3.05, 3.63) is 45.2 Å². The van der Waals surface area contributed by atoms with E-state index in [9.17, 15) is 26.3 Å². The molecular weight excluding hydrogens is 369 g/mol. The van der Waals surface area contributed by atoms with Crippen molar-refractivity contribution in [2.75, 3.05) is 0 Å². The fourth-order valence-corrected chi connectivity index (χ4v) is 2.41. The molecule has 0 N–H and O–H groups in total. The summed E-state index contributed by atoms with van der Waals surface area (Å²) in [4.78, 5) is 0. The Labute approximate surface area is 135 Å². The predicted octanol–water partition coefficient (Wildman–Crippen LogP) is 5.20. The standard InChI is InChI=1S/C13H4Cl2F6N2/c1-2-6-5-23(22-11(6)13(19,20)21)10-8(14)3-7(4-9(10)15)12(16,17)18/h1,3-5H. The quantitative estimate of drug-likeness (QED) is 0.497. The molecule has 1 aromatic heterocycles. The Bertz CT molecular complexity index is 775. The van der Waals surface area contributed by atoms with Crippen LogP contribution in [-0.4, -0.2) is 9.78 Å². The second kappa shape index (κ2) is 5.65. The van der Waals surface area contributed by atoms with Gasteiger partial charge in [0.15, 0.2) is 5.69 Å². The Morgan fingerprint density at radius 1 is 1.00 bits per heavy atom. The van der Waals surface area contributed by atoms with Gasteiger partial charge in [-0.1, -0.05) is 29.1 Å². The summed E-state index contributed by atoms with van der Waals surface area (Å²) >= 11 is 11.4. The highest BCUT2D eigenvalue weighted by atomic mass is 35.5. The lowest BCUT2D eigenvalue weighted by atomic mass is 10.2. The molecule has 0 bridgehead atoms. The van der Waals surface area contributed by atoms with Crippen LogP contribution in [0.15, 0.2) is 18.3 Å². The van der Waals surface area contributed by atoms with Crippen LogP contribution in [-0.2, 0) is 12.4 Å². The molecule has 0 amide bonds. The number of halogens is 8. The first-order valence-corrected chi connectivity index (χ1v) is 6.41. The number of rotatable bonds is 1. The van der Waals surface area contributed by atoms with Gasteiger partial charge in [0.1, 0.15) is 5.69 Å². The number of hydrogen-bond donors (Lipinski definition) is 0. The smallest absolute Gasteiger partial charge is 0.236 e. The Morgan fingerprint density at radius 2 is 1.52 bits per heavy atom. The lowest BCUT2D eigenvalue weighted by Gasteiger charge is -2.12. The average Bonchev–Trinajstić information content (AvgIpc) is 2.80. The largest absolute Gasteiger partial charge is 0.436 e. The first-order chi connectivity index (χ1) is 10.4. The van der Waals surface area contributed by atoms with Gasteiger partial charge in [0.05, 0.1) is 21.2 Å². The van der Waals surface area contributed by atoms with Crippen LogP contribution in [0.1, 0.15) is 16.8 Å². The number of aromatic nitrogens is 2. The van der Waals surface area contributed by atoms with Gasteiger partial charge in [0, 0.05) is 6.20 Å². The third-order valence-electron chi connectivity index (χ3n) is 2.71. The van der Waals surface area contributed by atoms with Gasteiger partial charge < -0.3 is 0 Å². The van der Waals surface area contributed by atoms with Crippen LogP contribution in [0.4, 0.5) is 26.3 Å². The number of terminal acetylenes is 1. The van der Waals surface area contributed by atoms with E-state index in [4.69, 9.17) is 29.6 Å². The lowest BCUT2D eigenvalue weighted by molar-refractivity contribution is -0.141. The molecule has 2 nitrogen and oxygen atoms in total. The van der Waals surface area contributed by atoms with E-state index in [0.29, 0.717) is 16.8 Å². The highest BCUT2D eigenvalue weighted by molar-refractivity contribution is 6.37. The molecule has 0 spiro atoms. The zero-order valence-corrected chi connectivity index (χ0v) is 12.2. The highest BCUT2D eigenvalue weighted by Crippen LogP contribution is 2.38. The van der Waals surface area contributed by atoms with E-state index < -0.39 is 39.2 Å². The van der Waals surface area contributed by atoms with Gasteiger partial charge in [-0.3, -0.25) is 0 Å². The van der Waals surface area contributed by atoms with Crippen molar-refractivity contribution in [2.45, 2.75) is 12.4 Å². The van der Waals surface area contributed by atoms with Gasteiger partial charge >= 0.3 is 12.4 Å². The third kappa shape index (κ3) is 3.41. The van der Waals surface area contributed by atoms with Gasteiger partial charge in [-0.15, -0.1) is 6.42 Å². The average molecular weight is 373 g/mol. The molecule has 0 radical (unpaired) electrons. The lowest BCUT2D eigenvalue weighted by Crippen LogP contribution is -2.10. The van der Waals surface area contributed by atoms with E-state index in [1.54, 1.807) is 5.92 Å². The predicted molar refractivity (Wildman–Crippen MR) is 71.5 cm³/mol. The Morgan fingerprint density at radius 3 is 1.87 bits per heavy atom. The molecule has 0 fully saturated rings. The van der Waals surface area contributed by atoms with Crippen LogP contribution < -0.4 is 0 Å². The monoisotopic (exact) mass is 372 g/mol. The van der Waals surface area contributed by atoms with Crippen LogP contribution in [0, 0.1) is 12.3 Å². The van der Waals surface area contributed by atoms with Crippen molar-refractivity contribution in [3.8, 4) is 18.0 Å². The molecule has 122 valence electrons. The molecule has 2 aromatic rings. The van der Waals surface area contributed by atoms with E-state index >= 15 is 0 Å². The zero-order valence-electron chi connectivity index (χ0n) is 10.7. The maximum absolute atomic E-state index is 12.8. The van der Waals surface area contributed by atoms with Gasteiger partial charge in [-0.05, 0) is 12.1 Å². The van der Waals surface area contributed by atoms with Gasteiger partial charge in [0.25, 0.3) is 0 Å². The van der Waals surface area contributed by atoms with E-state index in [0.717, 1.165) is 6.20 Å². The molecule has 1 heterocycles. The minimum atomic E-state index is -4.84. The molecule has 0 unspecified atom stereocenters. The molecule has 2 rings (SSSR count). The molecule has 0 saturated heterocycles. The molecule has 0 aliphatic heterocycles. The summed E-state index contributed by atoms with van der Waals surface area (Å²) in [6, 6.07) is 1.07. The first kappa shape index (κ1) is 17.5. The zero-order chi connectivity index (χ0) is 17.6. The summed E-state index contributed by atoms with van der Waals surface area (Å²) < 4.78 is 76.9. The van der Waals surface area contributed by atoms with E-state index in [1.807, 2.05) is 0 Å². The fraction of sp³-hybridized carbons (Fsp3) is 0.154. The highest BCUT2D eigenvalue weighted by Gasteiger charge is 2.38. The van der Waals surface area contributed by atoms with Crippen molar-refractivity contribution in [1.29, 1.82) is 0 Å². The van der Waals surface area contributed by atoms with E-state index in [1.165, 1.54) is 0 Å². The number of alkyl halides is 6. The molecule has 0 saturated carbocycles. The van der Waals surface area contributed by atoms with Crippen molar-refractivity contribution >= 4 is 23.2 Å². The number of nitrogens with zero attached hydrogens (tertiary/aromatic N) is 2. The Kier molecular flexibility index (Phi) is 4.30. The Hall–Kier alpha value is -1.85. The molecule has 23 heavy (non-hydrogen) atoms. The molecule has 10 heteroatoms. The summed E-state index contributed by atoms with van der Waals surface area (Å²) in [5.41, 5.74) is -3.44. The fourth-order valence-electron chi connectivity index (χ4n) is 1.75. The SMILES string of the molecule is C#Cc1cn(-c2c(Cl)cc(C(F)(F)F)cc2Cl)nc1C(F)(F)F.